The van der Waals surface area contributed by atoms with Crippen molar-refractivity contribution < 1.29 is 61.9 Å². The second kappa shape index (κ2) is 19.6. The van der Waals surface area contributed by atoms with E-state index in [1.165, 1.54) is 75.6 Å². The van der Waals surface area contributed by atoms with Crippen molar-refractivity contribution in [3.63, 3.8) is 0 Å². The minimum atomic E-state index is 0. The Labute approximate surface area is 265 Å². The Morgan fingerprint density at radius 2 is 0.800 bits per heavy atom. The van der Waals surface area contributed by atoms with Gasteiger partial charge in [-0.15, -0.1) is 0 Å². The lowest BCUT2D eigenvalue weighted by molar-refractivity contribution is -0.903. The van der Waals surface area contributed by atoms with Gasteiger partial charge in [0.25, 0.3) is 0 Å². The van der Waals surface area contributed by atoms with Crippen LogP contribution < -0.4 is 52.9 Å². The molecular weight excluding hydrogens is 636 g/mol. The van der Waals surface area contributed by atoms with Crippen molar-refractivity contribution in [2.24, 2.45) is 0 Å². The highest BCUT2D eigenvalue weighted by atomic mass is 79.9. The maximum absolute atomic E-state index is 5.63. The number of rotatable bonds is 19. The number of benzene rings is 2. The van der Waals surface area contributed by atoms with E-state index in [1.54, 1.807) is 28.4 Å². The molecule has 0 unspecified atom stereocenters. The molecule has 0 heterocycles. The van der Waals surface area contributed by atoms with Gasteiger partial charge in [0, 0.05) is 0 Å². The van der Waals surface area contributed by atoms with Crippen LogP contribution in [0.3, 0.4) is 0 Å². The molecule has 2 rings (SSSR count). The molecule has 0 saturated carbocycles. The largest absolute Gasteiger partial charge is 1.00 e. The highest BCUT2D eigenvalue weighted by Gasteiger charge is 2.21. The Morgan fingerprint density at radius 3 is 1.10 bits per heavy atom. The summed E-state index contributed by atoms with van der Waals surface area (Å²) in [6.07, 6.45) is 10.5. The van der Waals surface area contributed by atoms with E-state index in [2.05, 4.69) is 52.5 Å². The summed E-state index contributed by atoms with van der Waals surface area (Å²) in [6.45, 7) is 4.23. The molecule has 2 aromatic carbocycles. The number of nitrogens with zero attached hydrogens (tertiary/aromatic N) is 2. The molecule has 0 N–H and O–H groups in total. The number of unbranched alkanes of at least 4 members (excludes halogenated alkanes) is 7. The van der Waals surface area contributed by atoms with Crippen LogP contribution in [0.15, 0.2) is 36.4 Å². The van der Waals surface area contributed by atoms with Gasteiger partial charge in [-0.05, 0) is 49.9 Å². The summed E-state index contributed by atoms with van der Waals surface area (Å²) in [5.74, 6) is 3.35. The zero-order valence-corrected chi connectivity index (χ0v) is 29.4. The Balaban J connectivity index is 0.00000760. The third-order valence-electron chi connectivity index (χ3n) is 7.44. The first-order valence-corrected chi connectivity index (χ1v) is 14.2. The minimum Gasteiger partial charge on any atom is -1.00 e. The summed E-state index contributed by atoms with van der Waals surface area (Å²) >= 11 is 0. The lowest BCUT2D eigenvalue weighted by Gasteiger charge is -2.31. The fourth-order valence-corrected chi connectivity index (χ4v) is 5.38. The SMILES string of the molecule is COc1cccc(C[N+](C)(C)CCCCCCCCCC[N+](C)(C)Cc2cccc(OC)c2OC)c1OC.[Br-].[Br-]. The van der Waals surface area contributed by atoms with Gasteiger partial charge in [-0.1, -0.05) is 37.8 Å². The van der Waals surface area contributed by atoms with Gasteiger partial charge in [0.15, 0.2) is 23.0 Å². The molecule has 230 valence electrons. The molecule has 0 fully saturated rings. The van der Waals surface area contributed by atoms with E-state index >= 15 is 0 Å². The smallest absolute Gasteiger partial charge is 0.169 e. The molecule has 0 aliphatic rings. The van der Waals surface area contributed by atoms with Gasteiger partial charge in [-0.3, -0.25) is 0 Å². The topological polar surface area (TPSA) is 36.9 Å². The molecule has 0 spiro atoms. The van der Waals surface area contributed by atoms with E-state index in [1.807, 2.05) is 12.1 Å². The molecular formula is C32H54Br2N2O4. The number of quaternary nitrogens is 2. The first-order valence-electron chi connectivity index (χ1n) is 14.2. The monoisotopic (exact) mass is 688 g/mol. The molecule has 8 heteroatoms. The van der Waals surface area contributed by atoms with Gasteiger partial charge >= 0.3 is 0 Å². The summed E-state index contributed by atoms with van der Waals surface area (Å²) in [7, 11) is 16.1. The summed E-state index contributed by atoms with van der Waals surface area (Å²) in [5, 5.41) is 0. The quantitative estimate of drug-likeness (QED) is 0.161. The maximum atomic E-state index is 5.63. The third kappa shape index (κ3) is 13.0. The van der Waals surface area contributed by atoms with Crippen LogP contribution in [0, 0.1) is 0 Å². The van der Waals surface area contributed by atoms with Crippen molar-refractivity contribution in [1.29, 1.82) is 0 Å². The molecule has 2 aromatic rings. The van der Waals surface area contributed by atoms with Crippen LogP contribution in [0.25, 0.3) is 0 Å². The standard InChI is InChI=1S/C32H54N2O4.2BrH/c1-33(2,25-27-19-17-21-29(35-5)31(27)37-7)23-15-13-11-9-10-12-14-16-24-34(3,4)26-28-20-18-22-30(36-6)32(28)38-8;;/h17-22H,9-16,23-26H2,1-8H3;2*1H/q+2;;/p-2. The molecule has 0 atom stereocenters. The number of ether oxygens (including phenoxy) is 4. The third-order valence-corrected chi connectivity index (χ3v) is 7.44. The number of para-hydroxylation sites is 2. The molecule has 0 radical (unpaired) electrons. The van der Waals surface area contributed by atoms with E-state index in [-0.39, 0.29) is 34.0 Å². The van der Waals surface area contributed by atoms with Gasteiger partial charge in [0.2, 0.25) is 0 Å². The second-order valence-corrected chi connectivity index (χ2v) is 11.8. The van der Waals surface area contributed by atoms with E-state index in [4.69, 9.17) is 18.9 Å². The average molecular weight is 691 g/mol. The number of hydrogen-bond donors (Lipinski definition) is 0. The molecule has 0 aliphatic heterocycles. The Kier molecular flexibility index (Phi) is 18.9. The van der Waals surface area contributed by atoms with Crippen LogP contribution >= 0.6 is 0 Å². The van der Waals surface area contributed by atoms with Crippen molar-refractivity contribution in [1.82, 2.24) is 0 Å². The molecule has 0 amide bonds. The first kappa shape index (κ1) is 38.5. The molecule has 0 aromatic heterocycles. The van der Waals surface area contributed by atoms with Crippen LogP contribution in [-0.4, -0.2) is 78.7 Å². The minimum absolute atomic E-state index is 0. The fraction of sp³-hybridized carbons (Fsp3) is 0.625. The van der Waals surface area contributed by atoms with Crippen LogP contribution in [0.5, 0.6) is 23.0 Å². The zero-order valence-electron chi connectivity index (χ0n) is 26.2. The second-order valence-electron chi connectivity index (χ2n) is 11.8. The van der Waals surface area contributed by atoms with E-state index in [9.17, 15) is 0 Å². The van der Waals surface area contributed by atoms with Gasteiger partial charge < -0.3 is 61.9 Å². The zero-order chi connectivity index (χ0) is 28.0. The predicted octanol–water partition coefficient (Wildman–Crippen LogP) is 0.703. The molecule has 0 aliphatic carbocycles. The van der Waals surface area contributed by atoms with Crippen LogP contribution in [0.2, 0.25) is 0 Å². The number of halogens is 2. The summed E-state index contributed by atoms with van der Waals surface area (Å²) in [5.41, 5.74) is 2.42. The van der Waals surface area contributed by atoms with Crippen LogP contribution in [-0.2, 0) is 13.1 Å². The molecule has 6 nitrogen and oxygen atoms in total. The van der Waals surface area contributed by atoms with Crippen molar-refractivity contribution in [2.45, 2.75) is 64.5 Å². The lowest BCUT2D eigenvalue weighted by Crippen LogP contribution is -3.00. The van der Waals surface area contributed by atoms with Crippen LogP contribution in [0.1, 0.15) is 62.5 Å². The predicted molar refractivity (Wildman–Crippen MR) is 157 cm³/mol. The van der Waals surface area contributed by atoms with E-state index in [0.717, 1.165) is 45.1 Å². The van der Waals surface area contributed by atoms with Crippen molar-refractivity contribution in [3.05, 3.63) is 47.5 Å². The Hall–Kier alpha value is -1.48. The Morgan fingerprint density at radius 1 is 0.475 bits per heavy atom. The van der Waals surface area contributed by atoms with Gasteiger partial charge in [-0.2, -0.15) is 0 Å². The fourth-order valence-electron chi connectivity index (χ4n) is 5.38. The van der Waals surface area contributed by atoms with Crippen LogP contribution in [0.4, 0.5) is 0 Å². The van der Waals surface area contributed by atoms with E-state index < -0.39 is 0 Å². The summed E-state index contributed by atoms with van der Waals surface area (Å²) in [4.78, 5) is 0. The van der Waals surface area contributed by atoms with Gasteiger partial charge in [0.1, 0.15) is 13.1 Å². The summed E-state index contributed by atoms with van der Waals surface area (Å²) in [6, 6.07) is 12.3. The normalized spacial score (nSPS) is 11.3. The Bertz CT molecular complexity index is 892. The van der Waals surface area contributed by atoms with Gasteiger partial charge in [0.05, 0.1) is 80.8 Å². The van der Waals surface area contributed by atoms with Crippen molar-refractivity contribution in [2.75, 3.05) is 69.7 Å². The highest BCUT2D eigenvalue weighted by molar-refractivity contribution is 5.47. The maximum Gasteiger partial charge on any atom is 0.169 e. The number of methoxy groups -OCH3 is 4. The van der Waals surface area contributed by atoms with Crippen molar-refractivity contribution >= 4 is 0 Å². The van der Waals surface area contributed by atoms with E-state index in [0.29, 0.717) is 0 Å². The molecule has 0 saturated heterocycles. The van der Waals surface area contributed by atoms with Gasteiger partial charge in [-0.25, -0.2) is 0 Å². The van der Waals surface area contributed by atoms with Crippen molar-refractivity contribution in [3.8, 4) is 23.0 Å². The number of hydrogen-bond acceptors (Lipinski definition) is 4. The highest BCUT2D eigenvalue weighted by Crippen LogP contribution is 2.33. The first-order chi connectivity index (χ1) is 18.2. The lowest BCUT2D eigenvalue weighted by atomic mass is 10.1. The summed E-state index contributed by atoms with van der Waals surface area (Å²) < 4.78 is 24.1. The molecule has 0 bridgehead atoms. The average Bonchev–Trinajstić information content (AvgIpc) is 2.88. The molecule has 40 heavy (non-hydrogen) atoms.